The number of ether oxygens (including phenoxy) is 1. The number of methoxy groups -OCH3 is 1. The molecule has 0 saturated carbocycles. The average molecular weight is 483 g/mol. The van der Waals surface area contributed by atoms with Crippen molar-refractivity contribution in [2.75, 3.05) is 33.3 Å². The topological polar surface area (TPSA) is 97.1 Å². The van der Waals surface area contributed by atoms with Crippen molar-refractivity contribution in [3.8, 4) is 0 Å². The number of nitrogens with zero attached hydrogens (tertiary/aromatic N) is 2. The Morgan fingerprint density at radius 3 is 2.12 bits per heavy atom. The predicted molar refractivity (Wildman–Crippen MR) is 119 cm³/mol. The Balaban J connectivity index is 1.79. The molecule has 0 aliphatic carbocycles. The molecule has 1 amide bonds. The van der Waals surface area contributed by atoms with Gasteiger partial charge in [0.1, 0.15) is 22.0 Å². The van der Waals surface area contributed by atoms with Crippen LogP contribution in [0.15, 0.2) is 33.6 Å². The van der Waals surface area contributed by atoms with Gasteiger partial charge in [-0.1, -0.05) is 23.7 Å². The maximum atomic E-state index is 13.3. The number of carbonyl (C=O) groups excluding carboxylic acids is 2. The number of halogens is 1. The quantitative estimate of drug-likeness (QED) is 0.607. The van der Waals surface area contributed by atoms with Gasteiger partial charge in [0.05, 0.1) is 12.5 Å². The van der Waals surface area contributed by atoms with Gasteiger partial charge in [-0.2, -0.15) is 4.31 Å². The van der Waals surface area contributed by atoms with Crippen molar-refractivity contribution in [3.63, 3.8) is 0 Å². The molecule has 1 aromatic carbocycles. The van der Waals surface area contributed by atoms with Crippen molar-refractivity contribution in [1.29, 1.82) is 0 Å². The molecular formula is C22H27ClN2O6S. The molecule has 2 aromatic rings. The molecule has 1 aromatic heterocycles. The molecule has 0 spiro atoms. The highest BCUT2D eigenvalue weighted by Crippen LogP contribution is 2.32. The summed E-state index contributed by atoms with van der Waals surface area (Å²) in [6.45, 7) is 7.37. The highest BCUT2D eigenvalue weighted by atomic mass is 35.5. The number of sulfonamides is 1. The number of hydrogen-bond acceptors (Lipinski definition) is 6. The van der Waals surface area contributed by atoms with Gasteiger partial charge < -0.3 is 14.1 Å². The van der Waals surface area contributed by atoms with Crippen molar-refractivity contribution in [3.05, 3.63) is 51.9 Å². The summed E-state index contributed by atoms with van der Waals surface area (Å²) >= 11 is 5.96. The fraction of sp³-hybridized carbons (Fsp3) is 0.455. The average Bonchev–Trinajstić information content (AvgIpc) is 3.07. The van der Waals surface area contributed by atoms with E-state index in [2.05, 4.69) is 0 Å². The lowest BCUT2D eigenvalue weighted by Crippen LogP contribution is -2.54. The number of esters is 1. The van der Waals surface area contributed by atoms with E-state index in [0.717, 1.165) is 5.56 Å². The summed E-state index contributed by atoms with van der Waals surface area (Å²) in [7, 11) is -2.83. The summed E-state index contributed by atoms with van der Waals surface area (Å²) in [6, 6.07) is 7.12. The Kier molecular flexibility index (Phi) is 6.74. The molecule has 32 heavy (non-hydrogen) atoms. The molecule has 1 fully saturated rings. The summed E-state index contributed by atoms with van der Waals surface area (Å²) in [5.74, 6) is -0.546. The van der Waals surface area contributed by atoms with Gasteiger partial charge in [-0.05, 0) is 45.4 Å². The molecule has 1 aliphatic rings. The van der Waals surface area contributed by atoms with Crippen molar-refractivity contribution in [2.45, 2.75) is 38.0 Å². The van der Waals surface area contributed by atoms with E-state index in [4.69, 9.17) is 20.8 Å². The lowest BCUT2D eigenvalue weighted by atomic mass is 9.83. The first-order valence-corrected chi connectivity index (χ1v) is 12.0. The molecule has 0 N–H and O–H groups in total. The van der Waals surface area contributed by atoms with E-state index >= 15 is 0 Å². The van der Waals surface area contributed by atoms with E-state index in [9.17, 15) is 18.0 Å². The van der Waals surface area contributed by atoms with Crippen LogP contribution in [-0.2, 0) is 25.0 Å². The smallest absolute Gasteiger partial charge is 0.342 e. The summed E-state index contributed by atoms with van der Waals surface area (Å²) in [4.78, 5) is 26.9. The van der Waals surface area contributed by atoms with Crippen LogP contribution in [0.1, 0.15) is 41.3 Å². The summed E-state index contributed by atoms with van der Waals surface area (Å²) in [6.07, 6.45) is 0. The second kappa shape index (κ2) is 8.88. The predicted octanol–water partition coefficient (Wildman–Crippen LogP) is 3.15. The zero-order valence-corrected chi connectivity index (χ0v) is 20.3. The molecule has 0 unspecified atom stereocenters. The third kappa shape index (κ3) is 4.29. The van der Waals surface area contributed by atoms with Crippen LogP contribution in [0.25, 0.3) is 0 Å². The van der Waals surface area contributed by atoms with Crippen LogP contribution in [0.4, 0.5) is 0 Å². The van der Waals surface area contributed by atoms with E-state index in [0.29, 0.717) is 5.02 Å². The van der Waals surface area contributed by atoms with Gasteiger partial charge in [-0.3, -0.25) is 4.79 Å². The molecular weight excluding hydrogens is 456 g/mol. The van der Waals surface area contributed by atoms with Crippen LogP contribution >= 0.6 is 11.6 Å². The first-order valence-electron chi connectivity index (χ1n) is 10.1. The molecule has 0 atom stereocenters. The highest BCUT2D eigenvalue weighted by molar-refractivity contribution is 7.89. The highest BCUT2D eigenvalue weighted by Gasteiger charge is 2.40. The largest absolute Gasteiger partial charge is 0.465 e. The lowest BCUT2D eigenvalue weighted by molar-refractivity contribution is -0.137. The van der Waals surface area contributed by atoms with Crippen LogP contribution in [0.3, 0.4) is 0 Å². The first kappa shape index (κ1) is 24.3. The maximum Gasteiger partial charge on any atom is 0.342 e. The molecule has 174 valence electrons. The third-order valence-electron chi connectivity index (χ3n) is 5.82. The van der Waals surface area contributed by atoms with Crippen LogP contribution in [0.2, 0.25) is 5.02 Å². The number of piperazine rings is 1. The van der Waals surface area contributed by atoms with Crippen LogP contribution < -0.4 is 0 Å². The Bertz CT molecular complexity index is 1130. The van der Waals surface area contributed by atoms with Crippen LogP contribution in [0, 0.1) is 13.8 Å². The van der Waals surface area contributed by atoms with Gasteiger partial charge in [0.2, 0.25) is 15.9 Å². The van der Waals surface area contributed by atoms with E-state index in [-0.39, 0.29) is 54.1 Å². The third-order valence-corrected chi connectivity index (χ3v) is 8.12. The monoisotopic (exact) mass is 482 g/mol. The van der Waals surface area contributed by atoms with E-state index in [1.165, 1.54) is 25.3 Å². The van der Waals surface area contributed by atoms with E-state index in [1.54, 1.807) is 17.0 Å². The number of hydrogen-bond donors (Lipinski definition) is 0. The zero-order chi connectivity index (χ0) is 23.8. The fourth-order valence-electron chi connectivity index (χ4n) is 3.96. The van der Waals surface area contributed by atoms with Gasteiger partial charge in [0.25, 0.3) is 0 Å². The Morgan fingerprint density at radius 2 is 1.59 bits per heavy atom. The normalized spacial score (nSPS) is 15.6. The number of benzene rings is 1. The number of aryl methyl sites for hydroxylation is 2. The number of amides is 1. The van der Waals surface area contributed by atoms with Crippen LogP contribution in [0.5, 0.6) is 0 Å². The SMILES string of the molecule is COC(=O)c1c(C)oc(C)c1S(=O)(=O)N1CCN(C(=O)C(C)(C)c2ccc(Cl)cc2)CC1. The molecule has 0 bridgehead atoms. The number of furan rings is 1. The number of rotatable bonds is 5. The van der Waals surface area contributed by atoms with Crippen molar-refractivity contribution >= 4 is 33.5 Å². The Labute approximate surface area is 193 Å². The van der Waals surface area contributed by atoms with E-state index in [1.807, 2.05) is 26.0 Å². The molecule has 8 nitrogen and oxygen atoms in total. The zero-order valence-electron chi connectivity index (χ0n) is 18.8. The standard InChI is InChI=1S/C22H27ClN2O6S/c1-14-18(20(26)30-5)19(15(2)31-14)32(28,29)25-12-10-24(11-13-25)21(27)22(3,4)16-6-8-17(23)9-7-16/h6-9H,10-13H2,1-5H3. The molecule has 10 heteroatoms. The summed E-state index contributed by atoms with van der Waals surface area (Å²) in [5, 5.41) is 0.590. The van der Waals surface area contributed by atoms with Gasteiger partial charge in [0, 0.05) is 31.2 Å². The lowest BCUT2D eigenvalue weighted by Gasteiger charge is -2.38. The van der Waals surface area contributed by atoms with Gasteiger partial charge in [-0.25, -0.2) is 13.2 Å². The molecule has 3 rings (SSSR count). The Hall–Kier alpha value is -2.36. The summed E-state index contributed by atoms with van der Waals surface area (Å²) in [5.41, 5.74) is -0.0522. The molecule has 2 heterocycles. The Morgan fingerprint density at radius 1 is 1.03 bits per heavy atom. The van der Waals surface area contributed by atoms with Crippen molar-refractivity contribution < 1.29 is 27.2 Å². The van der Waals surface area contributed by atoms with Crippen molar-refractivity contribution in [1.82, 2.24) is 9.21 Å². The first-order chi connectivity index (χ1) is 14.9. The molecule has 1 saturated heterocycles. The second-order valence-corrected chi connectivity index (χ2v) is 10.5. The van der Waals surface area contributed by atoms with Crippen molar-refractivity contribution in [2.24, 2.45) is 0 Å². The van der Waals surface area contributed by atoms with Gasteiger partial charge in [-0.15, -0.1) is 0 Å². The second-order valence-electron chi connectivity index (χ2n) is 8.24. The van der Waals surface area contributed by atoms with Gasteiger partial charge in [0.15, 0.2) is 0 Å². The molecule has 1 aliphatic heterocycles. The molecule has 0 radical (unpaired) electrons. The minimum atomic E-state index is -4.01. The summed E-state index contributed by atoms with van der Waals surface area (Å²) < 4.78 is 38.1. The fourth-order valence-corrected chi connectivity index (χ4v) is 5.88. The maximum absolute atomic E-state index is 13.3. The minimum Gasteiger partial charge on any atom is -0.465 e. The van der Waals surface area contributed by atoms with Crippen LogP contribution in [-0.4, -0.2) is 62.8 Å². The van der Waals surface area contributed by atoms with Gasteiger partial charge >= 0.3 is 5.97 Å². The van der Waals surface area contributed by atoms with E-state index < -0.39 is 21.4 Å². The number of carbonyl (C=O) groups is 2. The minimum absolute atomic E-state index is 0.0904.